The Bertz CT molecular complexity index is 532. The van der Waals surface area contributed by atoms with E-state index in [1.807, 2.05) is 0 Å². The van der Waals surface area contributed by atoms with Gasteiger partial charge in [-0.1, -0.05) is 70.4 Å². The van der Waals surface area contributed by atoms with Crippen molar-refractivity contribution in [2.45, 2.75) is 65.7 Å². The number of carbonyl (C=O) groups is 1. The summed E-state index contributed by atoms with van der Waals surface area (Å²) in [4.78, 5) is 12.5. The predicted molar refractivity (Wildman–Crippen MR) is 96.3 cm³/mol. The largest absolute Gasteiger partial charge is 0.299 e. The summed E-state index contributed by atoms with van der Waals surface area (Å²) in [7, 11) is 0. The molecule has 2 saturated carbocycles. The minimum atomic E-state index is 0.345. The first kappa shape index (κ1) is 16.7. The Morgan fingerprint density at radius 2 is 1.91 bits per heavy atom. The second kappa shape index (κ2) is 6.79. The molecule has 1 heteroatoms. The number of hydrogen-bond donors (Lipinski definition) is 0. The number of hydrogen-bond acceptors (Lipinski definition) is 1. The smallest absolute Gasteiger partial charge is 0.137 e. The molecule has 0 heterocycles. The first-order chi connectivity index (χ1) is 11.1. The van der Waals surface area contributed by atoms with Gasteiger partial charge >= 0.3 is 0 Å². The third kappa shape index (κ3) is 3.12. The number of ketones is 1. The Balaban J connectivity index is 1.68. The van der Waals surface area contributed by atoms with Crippen molar-refractivity contribution in [3.63, 3.8) is 0 Å². The fourth-order valence-electron chi connectivity index (χ4n) is 5.48. The van der Waals surface area contributed by atoms with Gasteiger partial charge in [0.25, 0.3) is 0 Å². The average Bonchev–Trinajstić information content (AvgIpc) is 2.99. The van der Waals surface area contributed by atoms with Crippen molar-refractivity contribution in [3.05, 3.63) is 35.9 Å². The third-order valence-corrected chi connectivity index (χ3v) is 6.54. The molecular weight excluding hydrogens is 280 g/mol. The fourth-order valence-corrected chi connectivity index (χ4v) is 5.48. The number of Topliss-reactive ketones (excluding diaryl/α,β-unsaturated/α-hetero) is 1. The van der Waals surface area contributed by atoms with E-state index in [9.17, 15) is 4.79 Å². The number of unbranched alkanes of at least 4 members (excludes halogenated alkanes) is 2. The molecule has 126 valence electrons. The number of rotatable bonds is 8. The summed E-state index contributed by atoms with van der Waals surface area (Å²) in [5, 5.41) is 0. The zero-order valence-electron chi connectivity index (χ0n) is 15.1. The van der Waals surface area contributed by atoms with E-state index in [0.29, 0.717) is 29.0 Å². The molecule has 0 amide bonds. The second-order valence-electron chi connectivity index (χ2n) is 8.26. The summed E-state index contributed by atoms with van der Waals surface area (Å²) in [5.41, 5.74) is 1.84. The minimum Gasteiger partial charge on any atom is -0.299 e. The number of fused-ring (bicyclic) bond motifs is 1. The Labute approximate surface area is 141 Å². The maximum Gasteiger partial charge on any atom is 0.137 e. The molecule has 0 bridgehead atoms. The van der Waals surface area contributed by atoms with Gasteiger partial charge < -0.3 is 0 Å². The van der Waals surface area contributed by atoms with E-state index in [1.54, 1.807) is 0 Å². The molecule has 1 aromatic rings. The van der Waals surface area contributed by atoms with Gasteiger partial charge in [-0.3, -0.25) is 4.79 Å². The zero-order valence-corrected chi connectivity index (χ0v) is 15.1. The summed E-state index contributed by atoms with van der Waals surface area (Å²) in [6.07, 6.45) is 8.53. The van der Waals surface area contributed by atoms with Gasteiger partial charge in [-0.15, -0.1) is 0 Å². The van der Waals surface area contributed by atoms with Gasteiger partial charge in [0.05, 0.1) is 0 Å². The van der Waals surface area contributed by atoms with Crippen LogP contribution in [-0.2, 0) is 11.2 Å². The molecule has 0 unspecified atom stereocenters. The SMILES string of the molecule is CCCCC[C@]12CC(=O)[C@H](C(C)C)[C@H]1[C@@H]2CCc1ccccc1. The highest BCUT2D eigenvalue weighted by Crippen LogP contribution is 2.74. The topological polar surface area (TPSA) is 17.1 Å². The molecule has 0 aromatic heterocycles. The molecule has 0 N–H and O–H groups in total. The second-order valence-corrected chi connectivity index (χ2v) is 8.26. The zero-order chi connectivity index (χ0) is 16.4. The molecule has 0 radical (unpaired) electrons. The predicted octanol–water partition coefficient (Wildman–Crippen LogP) is 5.68. The monoisotopic (exact) mass is 312 g/mol. The van der Waals surface area contributed by atoms with E-state index in [4.69, 9.17) is 0 Å². The average molecular weight is 312 g/mol. The molecule has 1 aromatic carbocycles. The first-order valence-corrected chi connectivity index (χ1v) is 9.67. The van der Waals surface area contributed by atoms with Crippen LogP contribution in [0.1, 0.15) is 64.9 Å². The van der Waals surface area contributed by atoms with Gasteiger partial charge in [0.1, 0.15) is 5.78 Å². The van der Waals surface area contributed by atoms with Crippen molar-refractivity contribution < 1.29 is 4.79 Å². The molecule has 23 heavy (non-hydrogen) atoms. The minimum absolute atomic E-state index is 0.345. The van der Waals surface area contributed by atoms with Crippen LogP contribution in [0, 0.1) is 29.1 Å². The van der Waals surface area contributed by atoms with E-state index in [1.165, 1.54) is 44.1 Å². The maximum atomic E-state index is 12.5. The van der Waals surface area contributed by atoms with Crippen LogP contribution in [0.5, 0.6) is 0 Å². The van der Waals surface area contributed by atoms with Crippen LogP contribution in [0.4, 0.5) is 0 Å². The molecule has 0 saturated heterocycles. The molecule has 1 nitrogen and oxygen atoms in total. The molecular formula is C22H32O. The van der Waals surface area contributed by atoms with Crippen LogP contribution >= 0.6 is 0 Å². The lowest BCUT2D eigenvalue weighted by Crippen LogP contribution is -2.20. The van der Waals surface area contributed by atoms with Crippen LogP contribution in [0.25, 0.3) is 0 Å². The van der Waals surface area contributed by atoms with Gasteiger partial charge in [-0.05, 0) is 48.0 Å². The molecule has 0 aliphatic heterocycles. The Hall–Kier alpha value is -1.11. The van der Waals surface area contributed by atoms with E-state index in [-0.39, 0.29) is 0 Å². The molecule has 2 aliphatic rings. The maximum absolute atomic E-state index is 12.5. The van der Waals surface area contributed by atoms with Crippen LogP contribution < -0.4 is 0 Å². The lowest BCUT2D eigenvalue weighted by atomic mass is 9.86. The molecule has 0 spiro atoms. The van der Waals surface area contributed by atoms with E-state index in [2.05, 4.69) is 51.1 Å². The van der Waals surface area contributed by atoms with E-state index >= 15 is 0 Å². The van der Waals surface area contributed by atoms with Gasteiger partial charge in [0, 0.05) is 12.3 Å². The van der Waals surface area contributed by atoms with Crippen molar-refractivity contribution in [2.24, 2.45) is 29.1 Å². The van der Waals surface area contributed by atoms with Crippen LogP contribution in [0.15, 0.2) is 30.3 Å². The molecule has 2 aliphatic carbocycles. The van der Waals surface area contributed by atoms with Gasteiger partial charge in [0.15, 0.2) is 0 Å². The highest BCUT2D eigenvalue weighted by Gasteiger charge is 2.71. The van der Waals surface area contributed by atoms with Gasteiger partial charge in [-0.2, -0.15) is 0 Å². The van der Waals surface area contributed by atoms with Crippen molar-refractivity contribution in [2.75, 3.05) is 0 Å². The van der Waals surface area contributed by atoms with Gasteiger partial charge in [-0.25, -0.2) is 0 Å². The Morgan fingerprint density at radius 3 is 2.57 bits per heavy atom. The van der Waals surface area contributed by atoms with E-state index < -0.39 is 0 Å². The standard InChI is InChI=1S/C22H32O/c1-4-5-9-14-22-15-19(23)20(16(2)3)21(22)18(22)13-12-17-10-7-6-8-11-17/h6-8,10-11,16,18,20-21H,4-5,9,12-15H2,1-3H3/t18-,20-,21+,22+/m0/s1. The van der Waals surface area contributed by atoms with E-state index in [0.717, 1.165) is 12.3 Å². The first-order valence-electron chi connectivity index (χ1n) is 9.67. The van der Waals surface area contributed by atoms with Crippen molar-refractivity contribution in [1.29, 1.82) is 0 Å². The van der Waals surface area contributed by atoms with Crippen LogP contribution in [0.3, 0.4) is 0 Å². The van der Waals surface area contributed by atoms with Crippen molar-refractivity contribution in [3.8, 4) is 0 Å². The highest BCUT2D eigenvalue weighted by molar-refractivity contribution is 5.87. The number of carbonyl (C=O) groups excluding carboxylic acids is 1. The molecule has 2 fully saturated rings. The summed E-state index contributed by atoms with van der Waals surface area (Å²) in [6, 6.07) is 10.9. The Morgan fingerprint density at radius 1 is 1.17 bits per heavy atom. The molecule has 3 rings (SSSR count). The Kier molecular flexibility index (Phi) is 4.94. The highest BCUT2D eigenvalue weighted by atomic mass is 16.1. The summed E-state index contributed by atoms with van der Waals surface area (Å²) >= 11 is 0. The fraction of sp³-hybridized carbons (Fsp3) is 0.682. The normalized spacial score (nSPS) is 32.3. The quantitative estimate of drug-likeness (QED) is 0.565. The van der Waals surface area contributed by atoms with Crippen molar-refractivity contribution >= 4 is 5.78 Å². The summed E-state index contributed by atoms with van der Waals surface area (Å²) < 4.78 is 0. The summed E-state index contributed by atoms with van der Waals surface area (Å²) in [6.45, 7) is 6.76. The number of aryl methyl sites for hydroxylation is 1. The van der Waals surface area contributed by atoms with Gasteiger partial charge in [0.2, 0.25) is 0 Å². The summed E-state index contributed by atoms with van der Waals surface area (Å²) in [5.74, 6) is 2.91. The third-order valence-electron chi connectivity index (χ3n) is 6.54. The lowest BCUT2D eigenvalue weighted by Gasteiger charge is -2.18. The van der Waals surface area contributed by atoms with Crippen LogP contribution in [0.2, 0.25) is 0 Å². The lowest BCUT2D eigenvalue weighted by molar-refractivity contribution is -0.123. The van der Waals surface area contributed by atoms with Crippen LogP contribution in [-0.4, -0.2) is 5.78 Å². The number of benzene rings is 1. The van der Waals surface area contributed by atoms with Crippen molar-refractivity contribution in [1.82, 2.24) is 0 Å². The molecule has 4 atom stereocenters.